The highest BCUT2D eigenvalue weighted by molar-refractivity contribution is 5.08. The molecule has 0 aromatic carbocycles. The molecule has 3 fully saturated rings. The number of rotatable bonds is 5. The van der Waals surface area contributed by atoms with Gasteiger partial charge in [0.25, 0.3) is 0 Å². The Morgan fingerprint density at radius 1 is 1.22 bits per heavy atom. The summed E-state index contributed by atoms with van der Waals surface area (Å²) >= 11 is 0. The first kappa shape index (κ1) is 15.6. The van der Waals surface area contributed by atoms with E-state index in [-0.39, 0.29) is 31.1 Å². The lowest BCUT2D eigenvalue weighted by molar-refractivity contribution is -0.179. The third-order valence-corrected chi connectivity index (χ3v) is 5.08. The molecule has 23 heavy (non-hydrogen) atoms. The van der Waals surface area contributed by atoms with E-state index in [9.17, 15) is 5.11 Å². The predicted molar refractivity (Wildman–Crippen MR) is 80.5 cm³/mol. The number of nitrogens with one attached hydrogen (secondary N) is 1. The summed E-state index contributed by atoms with van der Waals surface area (Å²) in [6.07, 6.45) is 1.32. The lowest BCUT2D eigenvalue weighted by atomic mass is 9.95. The van der Waals surface area contributed by atoms with Crippen LogP contribution in [0.25, 0.3) is 0 Å². The fourth-order valence-corrected chi connectivity index (χ4v) is 3.90. The lowest BCUT2D eigenvalue weighted by Crippen LogP contribution is -2.63. The molecule has 3 aliphatic heterocycles. The average Bonchev–Trinajstić information content (AvgIpc) is 3.28. The summed E-state index contributed by atoms with van der Waals surface area (Å²) in [5.74, 6) is 1.28. The van der Waals surface area contributed by atoms with Crippen LogP contribution in [-0.2, 0) is 22.6 Å². The minimum Gasteiger partial charge on any atom is -0.462 e. The molecule has 3 saturated heterocycles. The molecular weight excluding hydrogens is 300 g/mol. The standard InChI is InChI=1S/C16H24N2O5/c19-8-11-4-3-10(22-11)7-17-13-12-9-21-16(23-12)14(15(13)20)18-5-1-2-6-18/h3-4,12-17,19-20H,1-2,5-9H2/t12-,13-,14+,15-,16+/m0/s1. The van der Waals surface area contributed by atoms with Crippen LogP contribution < -0.4 is 5.32 Å². The van der Waals surface area contributed by atoms with Gasteiger partial charge < -0.3 is 29.4 Å². The van der Waals surface area contributed by atoms with Crippen molar-refractivity contribution in [2.24, 2.45) is 0 Å². The third kappa shape index (κ3) is 2.93. The molecule has 0 spiro atoms. The molecule has 7 heteroatoms. The zero-order valence-corrected chi connectivity index (χ0v) is 13.1. The summed E-state index contributed by atoms with van der Waals surface area (Å²) in [6.45, 7) is 2.86. The molecule has 4 heterocycles. The Labute approximate surface area is 135 Å². The molecule has 5 atom stereocenters. The number of hydrogen-bond acceptors (Lipinski definition) is 7. The van der Waals surface area contributed by atoms with Crippen LogP contribution in [0, 0.1) is 0 Å². The zero-order chi connectivity index (χ0) is 15.8. The highest BCUT2D eigenvalue weighted by Gasteiger charge is 2.52. The molecule has 0 radical (unpaired) electrons. The number of aliphatic hydroxyl groups excluding tert-OH is 2. The quantitative estimate of drug-likeness (QED) is 0.692. The fraction of sp³-hybridized carbons (Fsp3) is 0.750. The summed E-state index contributed by atoms with van der Waals surface area (Å²) in [5.41, 5.74) is 0. The molecule has 1 aromatic heterocycles. The van der Waals surface area contributed by atoms with Crippen LogP contribution in [0.3, 0.4) is 0 Å². The molecule has 0 saturated carbocycles. The van der Waals surface area contributed by atoms with Crippen molar-refractivity contribution in [1.82, 2.24) is 10.2 Å². The van der Waals surface area contributed by atoms with Crippen molar-refractivity contribution >= 4 is 0 Å². The average molecular weight is 324 g/mol. The topological polar surface area (TPSA) is 87.3 Å². The Morgan fingerprint density at radius 3 is 2.74 bits per heavy atom. The van der Waals surface area contributed by atoms with Gasteiger partial charge in [-0.05, 0) is 38.1 Å². The number of nitrogens with zero attached hydrogens (tertiary/aromatic N) is 1. The van der Waals surface area contributed by atoms with Gasteiger partial charge in [-0.25, -0.2) is 0 Å². The van der Waals surface area contributed by atoms with Gasteiger partial charge in [-0.2, -0.15) is 0 Å². The van der Waals surface area contributed by atoms with E-state index in [1.807, 2.05) is 6.07 Å². The Kier molecular flexibility index (Phi) is 4.40. The van der Waals surface area contributed by atoms with Crippen LogP contribution in [0.4, 0.5) is 0 Å². The molecule has 0 amide bonds. The van der Waals surface area contributed by atoms with Crippen molar-refractivity contribution in [3.8, 4) is 0 Å². The van der Waals surface area contributed by atoms with Gasteiger partial charge in [0.15, 0.2) is 6.29 Å². The van der Waals surface area contributed by atoms with Crippen LogP contribution in [0.1, 0.15) is 24.4 Å². The van der Waals surface area contributed by atoms with Crippen molar-refractivity contribution < 1.29 is 24.1 Å². The van der Waals surface area contributed by atoms with Crippen molar-refractivity contribution in [2.45, 2.75) is 56.6 Å². The normalized spacial score (nSPS) is 37.6. The van der Waals surface area contributed by atoms with Gasteiger partial charge in [0, 0.05) is 0 Å². The summed E-state index contributed by atoms with van der Waals surface area (Å²) in [6, 6.07) is 3.29. The summed E-state index contributed by atoms with van der Waals surface area (Å²) in [7, 11) is 0. The van der Waals surface area contributed by atoms with Crippen LogP contribution in [0.2, 0.25) is 0 Å². The van der Waals surface area contributed by atoms with Crippen molar-refractivity contribution in [1.29, 1.82) is 0 Å². The van der Waals surface area contributed by atoms with Gasteiger partial charge in [0.2, 0.25) is 0 Å². The first-order chi connectivity index (χ1) is 11.3. The van der Waals surface area contributed by atoms with Gasteiger partial charge in [-0.3, -0.25) is 4.90 Å². The second-order valence-electron chi connectivity index (χ2n) is 6.53. The summed E-state index contributed by atoms with van der Waals surface area (Å²) in [5, 5.41) is 23.3. The number of furan rings is 1. The molecule has 0 aliphatic carbocycles. The number of ether oxygens (including phenoxy) is 2. The molecule has 1 aromatic rings. The lowest BCUT2D eigenvalue weighted by Gasteiger charge is -2.42. The number of fused-ring (bicyclic) bond motifs is 2. The zero-order valence-electron chi connectivity index (χ0n) is 13.1. The number of hydrogen-bond donors (Lipinski definition) is 3. The first-order valence-corrected chi connectivity index (χ1v) is 8.37. The second-order valence-corrected chi connectivity index (χ2v) is 6.53. The molecule has 0 unspecified atom stereocenters. The van der Waals surface area contributed by atoms with E-state index in [0.717, 1.165) is 31.7 Å². The number of aliphatic hydroxyl groups is 2. The van der Waals surface area contributed by atoms with Gasteiger partial charge in [0.05, 0.1) is 31.3 Å². The second kappa shape index (κ2) is 6.51. The molecule has 2 bridgehead atoms. The van der Waals surface area contributed by atoms with Crippen molar-refractivity contribution in [3.05, 3.63) is 23.7 Å². The molecular formula is C16H24N2O5. The van der Waals surface area contributed by atoms with E-state index in [4.69, 9.17) is 19.0 Å². The van der Waals surface area contributed by atoms with Gasteiger partial charge >= 0.3 is 0 Å². The van der Waals surface area contributed by atoms with Crippen molar-refractivity contribution in [2.75, 3.05) is 19.7 Å². The Morgan fingerprint density at radius 2 is 2.00 bits per heavy atom. The van der Waals surface area contributed by atoms with Crippen molar-refractivity contribution in [3.63, 3.8) is 0 Å². The molecule has 7 nitrogen and oxygen atoms in total. The van der Waals surface area contributed by atoms with E-state index in [0.29, 0.717) is 18.9 Å². The Balaban J connectivity index is 1.44. The third-order valence-electron chi connectivity index (χ3n) is 5.08. The highest BCUT2D eigenvalue weighted by atomic mass is 16.7. The number of likely N-dealkylation sites (tertiary alicyclic amines) is 1. The van der Waals surface area contributed by atoms with Crippen LogP contribution >= 0.6 is 0 Å². The fourth-order valence-electron chi connectivity index (χ4n) is 3.90. The molecule has 3 N–H and O–H groups in total. The Hall–Kier alpha value is -0.960. The van der Waals surface area contributed by atoms with E-state index >= 15 is 0 Å². The summed E-state index contributed by atoms with van der Waals surface area (Å²) in [4.78, 5) is 2.28. The minimum atomic E-state index is -0.536. The van der Waals surface area contributed by atoms with Crippen LogP contribution in [0.15, 0.2) is 16.5 Å². The maximum Gasteiger partial charge on any atom is 0.176 e. The van der Waals surface area contributed by atoms with Crippen LogP contribution in [0.5, 0.6) is 0 Å². The smallest absolute Gasteiger partial charge is 0.176 e. The summed E-state index contributed by atoms with van der Waals surface area (Å²) < 4.78 is 17.2. The van der Waals surface area contributed by atoms with E-state index in [1.165, 1.54) is 0 Å². The Bertz CT molecular complexity index is 528. The first-order valence-electron chi connectivity index (χ1n) is 8.37. The van der Waals surface area contributed by atoms with E-state index in [2.05, 4.69) is 10.2 Å². The maximum absolute atomic E-state index is 10.9. The highest BCUT2D eigenvalue weighted by Crippen LogP contribution is 2.33. The van der Waals surface area contributed by atoms with E-state index in [1.54, 1.807) is 6.07 Å². The van der Waals surface area contributed by atoms with Gasteiger partial charge in [0.1, 0.15) is 24.2 Å². The van der Waals surface area contributed by atoms with Gasteiger partial charge in [-0.15, -0.1) is 0 Å². The largest absolute Gasteiger partial charge is 0.462 e. The van der Waals surface area contributed by atoms with Gasteiger partial charge in [-0.1, -0.05) is 0 Å². The SMILES string of the molecule is OCc1ccc(CN[C@@H]2[C@H](O)[C@@H](N3CCCC3)[C@@H]3OC[C@@H]2O3)o1. The predicted octanol–water partition coefficient (Wildman–Crippen LogP) is -0.189. The monoisotopic (exact) mass is 324 g/mol. The van der Waals surface area contributed by atoms with Crippen LogP contribution in [-0.4, -0.2) is 65.4 Å². The maximum atomic E-state index is 10.9. The van der Waals surface area contributed by atoms with E-state index < -0.39 is 6.10 Å². The molecule has 4 rings (SSSR count). The minimum absolute atomic E-state index is 0.107. The molecule has 3 aliphatic rings. The molecule has 128 valence electrons.